The lowest BCUT2D eigenvalue weighted by Gasteiger charge is -2.29. The van der Waals surface area contributed by atoms with Gasteiger partial charge in [-0.2, -0.15) is 18.3 Å². The predicted molar refractivity (Wildman–Crippen MR) is 145 cm³/mol. The summed E-state index contributed by atoms with van der Waals surface area (Å²) in [5, 5.41) is 16.4. The molecule has 0 saturated heterocycles. The number of hydrogen-bond acceptors (Lipinski definition) is 9. The maximum atomic E-state index is 13.1. The molecule has 1 aliphatic heterocycles. The van der Waals surface area contributed by atoms with Crippen molar-refractivity contribution in [2.75, 3.05) is 20.4 Å². The van der Waals surface area contributed by atoms with Gasteiger partial charge >= 0.3 is 12.1 Å². The minimum absolute atomic E-state index is 0.109. The minimum Gasteiger partial charge on any atom is -0.477 e. The third kappa shape index (κ3) is 6.95. The Labute approximate surface area is 237 Å². The fourth-order valence-electron chi connectivity index (χ4n) is 3.88. The average molecular weight is 610 g/mol. The highest BCUT2D eigenvalue weighted by Gasteiger charge is 2.33. The van der Waals surface area contributed by atoms with Crippen molar-refractivity contribution >= 4 is 28.1 Å². The summed E-state index contributed by atoms with van der Waals surface area (Å²) in [6, 6.07) is 10.8. The zero-order valence-corrected chi connectivity index (χ0v) is 23.5. The molecular formula is C26H26F3N5O7S. The number of aromatic carboxylic acids is 1. The number of primary amides is 1. The van der Waals surface area contributed by atoms with E-state index in [9.17, 15) is 41.1 Å². The zero-order chi connectivity index (χ0) is 31.6. The highest BCUT2D eigenvalue weighted by atomic mass is 32.2. The molecule has 1 amide bonds. The minimum atomic E-state index is -4.62. The second kappa shape index (κ2) is 12.0. The smallest absolute Gasteiger partial charge is 0.416 e. The van der Waals surface area contributed by atoms with Crippen LogP contribution < -0.4 is 11.3 Å². The number of amides is 1. The summed E-state index contributed by atoms with van der Waals surface area (Å²) in [6.07, 6.45) is -3.25. The van der Waals surface area contributed by atoms with Crippen molar-refractivity contribution in [3.05, 3.63) is 92.9 Å². The second-order valence-corrected chi connectivity index (χ2v) is 11.1. The number of hydrazone groups is 1. The number of pyridine rings is 1. The number of nitrogens with two attached hydrogens (primary N) is 1. The summed E-state index contributed by atoms with van der Waals surface area (Å²) in [5.41, 5.74) is 3.16. The first-order valence-electron chi connectivity index (χ1n) is 11.8. The molecule has 1 aliphatic rings. The number of hydrazine groups is 1. The Balaban J connectivity index is 0.000000312. The molecule has 42 heavy (non-hydrogen) atoms. The number of benzene rings is 2. The van der Waals surface area contributed by atoms with Gasteiger partial charge in [0.05, 0.1) is 10.5 Å². The molecule has 1 unspecified atom stereocenters. The molecule has 3 N–H and O–H groups in total. The van der Waals surface area contributed by atoms with Crippen LogP contribution in [0.1, 0.15) is 43.8 Å². The number of carboxylic acids is 1. The Morgan fingerprint density at radius 2 is 1.71 bits per heavy atom. The van der Waals surface area contributed by atoms with Crippen LogP contribution >= 0.6 is 0 Å². The van der Waals surface area contributed by atoms with Crippen molar-refractivity contribution in [1.82, 2.24) is 14.7 Å². The summed E-state index contributed by atoms with van der Waals surface area (Å²) in [4.78, 5) is 35.2. The van der Waals surface area contributed by atoms with Crippen LogP contribution in [0.25, 0.3) is 5.69 Å². The number of rotatable bonds is 6. The average Bonchev–Trinajstić information content (AvgIpc) is 3.38. The van der Waals surface area contributed by atoms with Gasteiger partial charge in [-0.15, -0.1) is 5.10 Å². The number of hydrogen-bond donors (Lipinski definition) is 2. The third-order valence-corrected chi connectivity index (χ3v) is 7.08. The molecule has 2 heterocycles. The van der Waals surface area contributed by atoms with E-state index in [0.29, 0.717) is 5.56 Å². The van der Waals surface area contributed by atoms with E-state index in [1.165, 1.54) is 42.4 Å². The molecule has 0 aliphatic carbocycles. The molecule has 0 spiro atoms. The van der Waals surface area contributed by atoms with Gasteiger partial charge in [0, 0.05) is 42.9 Å². The molecule has 2 aromatic carbocycles. The van der Waals surface area contributed by atoms with Crippen molar-refractivity contribution in [3.8, 4) is 5.69 Å². The van der Waals surface area contributed by atoms with E-state index in [0.717, 1.165) is 41.5 Å². The summed E-state index contributed by atoms with van der Waals surface area (Å²) < 4.78 is 67.8. The molecule has 1 atom stereocenters. The molecule has 0 saturated carbocycles. The van der Waals surface area contributed by atoms with Crippen LogP contribution in [0.4, 0.5) is 13.2 Å². The van der Waals surface area contributed by atoms with Crippen LogP contribution in [-0.4, -0.2) is 66.8 Å². The molecule has 1 aromatic heterocycles. The Morgan fingerprint density at radius 3 is 2.21 bits per heavy atom. The van der Waals surface area contributed by atoms with Crippen LogP contribution in [-0.2, 0) is 20.8 Å². The number of carbonyl (C=O) groups is 2. The van der Waals surface area contributed by atoms with Gasteiger partial charge in [-0.25, -0.2) is 18.2 Å². The fraction of sp³-hybridized carbons (Fsp3) is 0.231. The molecular weight excluding hydrogens is 583 g/mol. The largest absolute Gasteiger partial charge is 0.477 e. The van der Waals surface area contributed by atoms with E-state index < -0.39 is 50.8 Å². The first kappa shape index (κ1) is 31.8. The SMILES string of the molecule is CS(=O)(=O)c1ccc(C(N)=O)cc1.Cc1c(C2OC=NN2N(C)C)cc(C(=O)O)c(=O)n1-c1cccc(C(F)(F)F)c1. The third-order valence-electron chi connectivity index (χ3n) is 5.96. The highest BCUT2D eigenvalue weighted by molar-refractivity contribution is 7.90. The Bertz CT molecular complexity index is 1700. The molecule has 4 rings (SSSR count). The maximum Gasteiger partial charge on any atom is 0.416 e. The first-order chi connectivity index (χ1) is 19.4. The number of halogens is 3. The lowest BCUT2D eigenvalue weighted by Crippen LogP contribution is -2.36. The van der Waals surface area contributed by atoms with Crippen molar-refractivity contribution in [2.45, 2.75) is 24.2 Å². The van der Waals surface area contributed by atoms with Crippen LogP contribution in [0.3, 0.4) is 0 Å². The predicted octanol–water partition coefficient (Wildman–Crippen LogP) is 2.80. The lowest BCUT2D eigenvalue weighted by molar-refractivity contribution is -0.137. The summed E-state index contributed by atoms with van der Waals surface area (Å²) in [5.74, 6) is -2.08. The van der Waals surface area contributed by atoms with Crippen molar-refractivity contribution in [1.29, 1.82) is 0 Å². The van der Waals surface area contributed by atoms with E-state index in [2.05, 4.69) is 5.10 Å². The Kier molecular flexibility index (Phi) is 9.12. The molecule has 12 nitrogen and oxygen atoms in total. The second-order valence-electron chi connectivity index (χ2n) is 9.13. The number of ether oxygens (including phenoxy) is 1. The quantitative estimate of drug-likeness (QED) is 0.428. The Hall–Kier alpha value is -4.70. The van der Waals surface area contributed by atoms with E-state index in [-0.39, 0.29) is 21.8 Å². The highest BCUT2D eigenvalue weighted by Crippen LogP contribution is 2.32. The number of aromatic nitrogens is 1. The van der Waals surface area contributed by atoms with Gasteiger partial charge in [-0.05, 0) is 55.5 Å². The van der Waals surface area contributed by atoms with Gasteiger partial charge < -0.3 is 15.6 Å². The van der Waals surface area contributed by atoms with Gasteiger partial charge in [-0.3, -0.25) is 14.2 Å². The van der Waals surface area contributed by atoms with Crippen molar-refractivity contribution in [2.24, 2.45) is 10.8 Å². The van der Waals surface area contributed by atoms with Crippen molar-refractivity contribution in [3.63, 3.8) is 0 Å². The number of sulfone groups is 1. The van der Waals surface area contributed by atoms with Gasteiger partial charge in [-0.1, -0.05) is 6.07 Å². The molecule has 0 radical (unpaired) electrons. The number of carbonyl (C=O) groups excluding carboxylic acids is 1. The van der Waals surface area contributed by atoms with E-state index in [4.69, 9.17) is 10.5 Å². The standard InChI is InChI=1S/C18H17F3N4O4.C8H9NO3S/c1-10-13(16-25(23(2)3)22-9-29-16)8-14(17(27)28)15(26)24(10)12-6-4-5-11(7-12)18(19,20)21;1-13(11,12)7-4-2-6(3-5-7)8(9)10/h4-9,16H,1-3H3,(H,27,28);2-5H,1H3,(H2,9,10). The van der Waals surface area contributed by atoms with E-state index >= 15 is 0 Å². The van der Waals surface area contributed by atoms with Crippen LogP contribution in [0.5, 0.6) is 0 Å². The summed E-state index contributed by atoms with van der Waals surface area (Å²) in [6.45, 7) is 1.50. The summed E-state index contributed by atoms with van der Waals surface area (Å²) in [7, 11) is 0.154. The van der Waals surface area contributed by atoms with Crippen LogP contribution in [0.15, 0.2) is 69.4 Å². The first-order valence-corrected chi connectivity index (χ1v) is 13.7. The normalized spacial score (nSPS) is 14.8. The molecule has 0 bridgehead atoms. The number of nitrogens with zero attached hydrogens (tertiary/aromatic N) is 4. The number of carboxylic acid groups (broad SMARTS) is 1. The van der Waals surface area contributed by atoms with E-state index in [1.807, 2.05) is 0 Å². The van der Waals surface area contributed by atoms with Crippen LogP contribution in [0, 0.1) is 6.92 Å². The topological polar surface area (TPSA) is 165 Å². The molecule has 16 heteroatoms. The molecule has 0 fully saturated rings. The van der Waals surface area contributed by atoms with Gasteiger partial charge in [0.1, 0.15) is 5.56 Å². The van der Waals surface area contributed by atoms with E-state index in [1.54, 1.807) is 19.1 Å². The van der Waals surface area contributed by atoms with Gasteiger partial charge in [0.2, 0.25) is 12.1 Å². The fourth-order valence-corrected chi connectivity index (χ4v) is 4.51. The van der Waals surface area contributed by atoms with Crippen molar-refractivity contribution < 1.29 is 41.0 Å². The van der Waals surface area contributed by atoms with Crippen LogP contribution in [0.2, 0.25) is 0 Å². The summed E-state index contributed by atoms with van der Waals surface area (Å²) >= 11 is 0. The van der Waals surface area contributed by atoms with Gasteiger partial charge in [0.25, 0.3) is 5.56 Å². The zero-order valence-electron chi connectivity index (χ0n) is 22.7. The maximum absolute atomic E-state index is 13.1. The van der Waals surface area contributed by atoms with Gasteiger partial charge in [0.15, 0.2) is 16.2 Å². The molecule has 3 aromatic rings. The monoisotopic (exact) mass is 609 g/mol. The Morgan fingerprint density at radius 1 is 1.10 bits per heavy atom. The number of alkyl halides is 3. The lowest BCUT2D eigenvalue weighted by atomic mass is 10.1. The molecule has 224 valence electrons.